The number of hydrogen-bond acceptors (Lipinski definition) is 4. The van der Waals surface area contributed by atoms with Gasteiger partial charge in [0.05, 0.1) is 11.5 Å². The van der Waals surface area contributed by atoms with Crippen LogP contribution in [-0.2, 0) is 0 Å². The highest BCUT2D eigenvalue weighted by Gasteiger charge is 2.15. The first-order valence-electron chi connectivity index (χ1n) is 4.63. The number of fused-ring (bicyclic) bond motifs is 1. The number of ether oxygens (including phenoxy) is 2. The molecule has 0 atom stereocenters. The standard InChI is InChI=1S/C10H10N2O3S/c11-9(16)4-12-10(13)6-1-2-7-8(3-6)15-5-14-7/h1-3H,4-5H2,(H2,11,16)(H,12,13). The quantitative estimate of drug-likeness (QED) is 0.747. The molecule has 0 unspecified atom stereocenters. The Morgan fingerprint density at radius 2 is 2.19 bits per heavy atom. The zero-order valence-electron chi connectivity index (χ0n) is 8.36. The van der Waals surface area contributed by atoms with Crippen molar-refractivity contribution in [3.8, 4) is 11.5 Å². The van der Waals surface area contributed by atoms with Crippen LogP contribution in [0.15, 0.2) is 18.2 Å². The molecule has 0 saturated heterocycles. The molecule has 2 rings (SSSR count). The number of nitrogens with two attached hydrogens (primary N) is 1. The van der Waals surface area contributed by atoms with Crippen LogP contribution in [0.4, 0.5) is 0 Å². The fourth-order valence-electron chi connectivity index (χ4n) is 1.31. The monoisotopic (exact) mass is 238 g/mol. The molecule has 1 aromatic carbocycles. The fraction of sp³-hybridized carbons (Fsp3) is 0.200. The first-order valence-corrected chi connectivity index (χ1v) is 5.04. The Bertz CT molecular complexity index is 448. The molecule has 1 aliphatic heterocycles. The van der Waals surface area contributed by atoms with E-state index in [2.05, 4.69) is 17.5 Å². The van der Waals surface area contributed by atoms with E-state index >= 15 is 0 Å². The maximum Gasteiger partial charge on any atom is 0.251 e. The van der Waals surface area contributed by atoms with Crippen molar-refractivity contribution in [2.75, 3.05) is 13.3 Å². The number of hydrogen-bond donors (Lipinski definition) is 2. The zero-order chi connectivity index (χ0) is 11.5. The average molecular weight is 238 g/mol. The van der Waals surface area contributed by atoms with Crippen LogP contribution in [-0.4, -0.2) is 24.2 Å². The van der Waals surface area contributed by atoms with Crippen LogP contribution in [0.5, 0.6) is 11.5 Å². The van der Waals surface area contributed by atoms with E-state index in [0.29, 0.717) is 17.1 Å². The maximum atomic E-state index is 11.6. The predicted octanol–water partition coefficient (Wildman–Crippen LogP) is 0.431. The molecule has 1 aromatic rings. The molecule has 6 heteroatoms. The minimum Gasteiger partial charge on any atom is -0.454 e. The van der Waals surface area contributed by atoms with Gasteiger partial charge in [0.1, 0.15) is 0 Å². The summed E-state index contributed by atoms with van der Waals surface area (Å²) in [5.41, 5.74) is 5.77. The van der Waals surface area contributed by atoms with E-state index in [-0.39, 0.29) is 24.2 Å². The molecule has 1 heterocycles. The molecule has 84 valence electrons. The molecule has 0 saturated carbocycles. The van der Waals surface area contributed by atoms with E-state index in [9.17, 15) is 4.79 Å². The van der Waals surface area contributed by atoms with Gasteiger partial charge in [0.15, 0.2) is 11.5 Å². The van der Waals surface area contributed by atoms with Crippen molar-refractivity contribution in [2.24, 2.45) is 5.73 Å². The van der Waals surface area contributed by atoms with Crippen molar-refractivity contribution in [3.05, 3.63) is 23.8 Å². The lowest BCUT2D eigenvalue weighted by Gasteiger charge is -2.04. The highest BCUT2D eigenvalue weighted by atomic mass is 32.1. The van der Waals surface area contributed by atoms with Crippen LogP contribution >= 0.6 is 12.2 Å². The molecule has 5 nitrogen and oxygen atoms in total. The summed E-state index contributed by atoms with van der Waals surface area (Å²) in [5.74, 6) is 0.972. The molecule has 0 radical (unpaired) electrons. The molecule has 16 heavy (non-hydrogen) atoms. The number of rotatable bonds is 3. The second-order valence-electron chi connectivity index (χ2n) is 3.22. The first kappa shape index (κ1) is 10.7. The summed E-state index contributed by atoms with van der Waals surface area (Å²) in [6.45, 7) is 0.371. The fourth-order valence-corrected chi connectivity index (χ4v) is 1.38. The van der Waals surface area contributed by atoms with Crippen molar-refractivity contribution in [3.63, 3.8) is 0 Å². The van der Waals surface area contributed by atoms with E-state index in [0.717, 1.165) is 0 Å². The van der Waals surface area contributed by atoms with Gasteiger partial charge in [-0.2, -0.15) is 0 Å². The van der Waals surface area contributed by atoms with Crippen LogP contribution < -0.4 is 20.5 Å². The lowest BCUT2D eigenvalue weighted by molar-refractivity contribution is 0.0959. The SMILES string of the molecule is NC(=S)CNC(=O)c1ccc2c(c1)OCO2. The molecule has 1 amide bonds. The minimum absolute atomic E-state index is 0.183. The van der Waals surface area contributed by atoms with E-state index in [1.165, 1.54) is 0 Å². The van der Waals surface area contributed by atoms with Gasteiger partial charge >= 0.3 is 0 Å². The summed E-state index contributed by atoms with van der Waals surface area (Å²) in [5, 5.41) is 2.59. The van der Waals surface area contributed by atoms with Gasteiger partial charge in [0.2, 0.25) is 6.79 Å². The van der Waals surface area contributed by atoms with Crippen LogP contribution in [0.2, 0.25) is 0 Å². The van der Waals surface area contributed by atoms with Crippen molar-refractivity contribution in [1.29, 1.82) is 0 Å². The average Bonchev–Trinajstić information content (AvgIpc) is 2.72. The summed E-state index contributed by atoms with van der Waals surface area (Å²) in [4.78, 5) is 11.9. The van der Waals surface area contributed by atoms with Crippen LogP contribution in [0.3, 0.4) is 0 Å². The van der Waals surface area contributed by atoms with Crippen molar-refractivity contribution in [1.82, 2.24) is 5.32 Å². The van der Waals surface area contributed by atoms with E-state index in [1.807, 2.05) is 0 Å². The second-order valence-corrected chi connectivity index (χ2v) is 3.74. The summed E-state index contributed by atoms with van der Waals surface area (Å²) >= 11 is 4.66. The number of carbonyl (C=O) groups excluding carboxylic acids is 1. The van der Waals surface area contributed by atoms with Crippen LogP contribution in [0.1, 0.15) is 10.4 Å². The summed E-state index contributed by atoms with van der Waals surface area (Å²) < 4.78 is 10.3. The molecule has 1 aliphatic rings. The highest BCUT2D eigenvalue weighted by molar-refractivity contribution is 7.80. The summed E-state index contributed by atoms with van der Waals surface area (Å²) in [7, 11) is 0. The third kappa shape index (κ3) is 2.22. The molecule has 0 aromatic heterocycles. The van der Waals surface area contributed by atoms with Gasteiger partial charge in [-0.25, -0.2) is 0 Å². The van der Waals surface area contributed by atoms with Crippen molar-refractivity contribution >= 4 is 23.1 Å². The Hall–Kier alpha value is -1.82. The second kappa shape index (κ2) is 4.36. The normalized spacial score (nSPS) is 12.2. The number of carbonyl (C=O) groups is 1. The molecular weight excluding hydrogens is 228 g/mol. The predicted molar refractivity (Wildman–Crippen MR) is 61.7 cm³/mol. The van der Waals surface area contributed by atoms with Crippen LogP contribution in [0.25, 0.3) is 0 Å². The van der Waals surface area contributed by atoms with Gasteiger partial charge < -0.3 is 20.5 Å². The Labute approximate surface area is 97.5 Å². The molecule has 0 aliphatic carbocycles. The number of thiocarbonyl (C=S) groups is 1. The Balaban J connectivity index is 2.09. The molecule has 0 spiro atoms. The molecular formula is C10H10N2O3S. The van der Waals surface area contributed by atoms with Crippen molar-refractivity contribution in [2.45, 2.75) is 0 Å². The largest absolute Gasteiger partial charge is 0.454 e. The van der Waals surface area contributed by atoms with Crippen molar-refractivity contribution < 1.29 is 14.3 Å². The lowest BCUT2D eigenvalue weighted by Crippen LogP contribution is -2.32. The molecule has 0 bridgehead atoms. The smallest absolute Gasteiger partial charge is 0.251 e. The van der Waals surface area contributed by atoms with E-state index in [1.54, 1.807) is 18.2 Å². The first-order chi connectivity index (χ1) is 7.66. The van der Waals surface area contributed by atoms with Gasteiger partial charge in [0, 0.05) is 5.56 Å². The molecule has 3 N–H and O–H groups in total. The topological polar surface area (TPSA) is 73.6 Å². The van der Waals surface area contributed by atoms with E-state index < -0.39 is 0 Å². The van der Waals surface area contributed by atoms with E-state index in [4.69, 9.17) is 15.2 Å². The third-order valence-electron chi connectivity index (χ3n) is 2.06. The van der Waals surface area contributed by atoms with Gasteiger partial charge in [-0.1, -0.05) is 12.2 Å². The maximum absolute atomic E-state index is 11.6. The zero-order valence-corrected chi connectivity index (χ0v) is 9.17. The summed E-state index contributed by atoms with van der Waals surface area (Å²) in [6.07, 6.45) is 0. The van der Waals surface area contributed by atoms with Crippen LogP contribution in [0, 0.1) is 0 Å². The molecule has 0 fully saturated rings. The van der Waals surface area contributed by atoms with Gasteiger partial charge in [-0.3, -0.25) is 4.79 Å². The van der Waals surface area contributed by atoms with Gasteiger partial charge in [-0.05, 0) is 18.2 Å². The summed E-state index contributed by atoms with van der Waals surface area (Å²) in [6, 6.07) is 4.97. The third-order valence-corrected chi connectivity index (χ3v) is 2.20. The number of nitrogens with one attached hydrogen (secondary N) is 1. The number of amides is 1. The van der Waals surface area contributed by atoms with Gasteiger partial charge in [0.25, 0.3) is 5.91 Å². The Kier molecular flexibility index (Phi) is 2.91. The number of benzene rings is 1. The Morgan fingerprint density at radius 1 is 1.44 bits per heavy atom. The lowest BCUT2D eigenvalue weighted by atomic mass is 10.2. The Morgan fingerprint density at radius 3 is 2.94 bits per heavy atom. The highest BCUT2D eigenvalue weighted by Crippen LogP contribution is 2.32. The van der Waals surface area contributed by atoms with Gasteiger partial charge in [-0.15, -0.1) is 0 Å². The minimum atomic E-state index is -0.244.